The van der Waals surface area contributed by atoms with Crippen molar-refractivity contribution in [1.82, 2.24) is 4.57 Å². The molecule has 1 aromatic carbocycles. The highest BCUT2D eigenvalue weighted by atomic mass is 15.0. The van der Waals surface area contributed by atoms with Gasteiger partial charge in [-0.25, -0.2) is 0 Å². The van der Waals surface area contributed by atoms with E-state index in [2.05, 4.69) is 62.7 Å². The number of rotatable bonds is 0. The molecule has 0 saturated heterocycles. The van der Waals surface area contributed by atoms with Crippen molar-refractivity contribution in [3.8, 4) is 0 Å². The molecular formula is C13H16N. The number of aryl methyl sites for hydroxylation is 1. The van der Waals surface area contributed by atoms with Gasteiger partial charge in [0.1, 0.15) is 0 Å². The lowest BCUT2D eigenvalue weighted by molar-refractivity contribution is 0.408. The number of para-hydroxylation sites is 1. The zero-order valence-corrected chi connectivity index (χ0v) is 9.26. The summed E-state index contributed by atoms with van der Waals surface area (Å²) in [6.07, 6.45) is 3.41. The molecule has 14 heavy (non-hydrogen) atoms. The van der Waals surface area contributed by atoms with Crippen molar-refractivity contribution in [3.63, 3.8) is 0 Å². The van der Waals surface area contributed by atoms with Gasteiger partial charge >= 0.3 is 0 Å². The monoisotopic (exact) mass is 186 g/mol. The number of hydrogen-bond donors (Lipinski definition) is 0. The zero-order valence-electron chi connectivity index (χ0n) is 9.26. The quantitative estimate of drug-likeness (QED) is 0.593. The first-order valence-corrected chi connectivity index (χ1v) is 5.00. The molecule has 0 saturated carbocycles. The first-order chi connectivity index (χ1) is 6.50. The molecule has 1 heterocycles. The van der Waals surface area contributed by atoms with Crippen LogP contribution in [0.15, 0.2) is 24.3 Å². The van der Waals surface area contributed by atoms with Gasteiger partial charge in [-0.1, -0.05) is 18.2 Å². The Labute approximate surface area is 85.4 Å². The topological polar surface area (TPSA) is 4.93 Å². The van der Waals surface area contributed by atoms with Crippen molar-refractivity contribution < 1.29 is 0 Å². The molecule has 0 aliphatic rings. The lowest BCUT2D eigenvalue weighted by Gasteiger charge is -2.22. The lowest BCUT2D eigenvalue weighted by Crippen LogP contribution is -2.20. The number of aromatic nitrogens is 1. The van der Waals surface area contributed by atoms with Crippen LogP contribution in [-0.4, -0.2) is 4.57 Å². The molecule has 0 bridgehead atoms. The minimum absolute atomic E-state index is 0.105. The Balaban J connectivity index is 2.80. The summed E-state index contributed by atoms with van der Waals surface area (Å²) < 4.78 is 2.22. The van der Waals surface area contributed by atoms with E-state index >= 15 is 0 Å². The minimum Gasteiger partial charge on any atom is -0.334 e. The van der Waals surface area contributed by atoms with Crippen LogP contribution in [0.3, 0.4) is 0 Å². The smallest absolute Gasteiger partial charge is 0.0696 e. The molecule has 2 aromatic rings. The second kappa shape index (κ2) is 2.88. The number of fused-ring (bicyclic) bond motifs is 1. The molecule has 0 spiro atoms. The maximum absolute atomic E-state index is 3.41. The second-order valence-electron chi connectivity index (χ2n) is 4.76. The van der Waals surface area contributed by atoms with Gasteiger partial charge in [-0.3, -0.25) is 0 Å². The normalized spacial score (nSPS) is 12.3. The Morgan fingerprint density at radius 1 is 1.14 bits per heavy atom. The second-order valence-corrected chi connectivity index (χ2v) is 4.76. The molecule has 0 aliphatic carbocycles. The van der Waals surface area contributed by atoms with Gasteiger partial charge in [-0.2, -0.15) is 0 Å². The van der Waals surface area contributed by atoms with Crippen LogP contribution < -0.4 is 0 Å². The molecule has 0 amide bonds. The summed E-state index contributed by atoms with van der Waals surface area (Å²) in [7, 11) is 0. The maximum atomic E-state index is 3.41. The molecular weight excluding hydrogens is 170 g/mol. The van der Waals surface area contributed by atoms with E-state index < -0.39 is 0 Å². The number of benzene rings is 1. The minimum atomic E-state index is 0.105. The van der Waals surface area contributed by atoms with Gasteiger partial charge in [0.25, 0.3) is 0 Å². The predicted octanol–water partition coefficient (Wildman–Crippen LogP) is 3.50. The average molecular weight is 186 g/mol. The zero-order chi connectivity index (χ0) is 10.3. The maximum Gasteiger partial charge on any atom is 0.0696 e. The summed E-state index contributed by atoms with van der Waals surface area (Å²) in [5, 5.41) is 1.31. The molecule has 0 unspecified atom stereocenters. The van der Waals surface area contributed by atoms with Crippen LogP contribution in [0.5, 0.6) is 0 Å². The van der Waals surface area contributed by atoms with E-state index in [9.17, 15) is 0 Å². The van der Waals surface area contributed by atoms with Crippen LogP contribution >= 0.6 is 0 Å². The van der Waals surface area contributed by atoms with Gasteiger partial charge in [-0.15, -0.1) is 0 Å². The molecule has 0 aliphatic heterocycles. The van der Waals surface area contributed by atoms with Crippen LogP contribution in [-0.2, 0) is 5.54 Å². The van der Waals surface area contributed by atoms with Crippen molar-refractivity contribution in [2.45, 2.75) is 33.2 Å². The van der Waals surface area contributed by atoms with E-state index in [-0.39, 0.29) is 5.54 Å². The van der Waals surface area contributed by atoms with Gasteiger partial charge in [0, 0.05) is 16.4 Å². The van der Waals surface area contributed by atoms with E-state index in [0.717, 1.165) is 0 Å². The fourth-order valence-electron chi connectivity index (χ4n) is 1.80. The third-order valence-electron chi connectivity index (χ3n) is 2.50. The van der Waals surface area contributed by atoms with Gasteiger partial charge in [0.05, 0.1) is 6.20 Å². The Morgan fingerprint density at radius 2 is 1.79 bits per heavy atom. The summed E-state index contributed by atoms with van der Waals surface area (Å²) in [5.41, 5.74) is 2.61. The van der Waals surface area contributed by atoms with E-state index in [1.807, 2.05) is 0 Å². The lowest BCUT2D eigenvalue weighted by atomic mass is 10.1. The van der Waals surface area contributed by atoms with Gasteiger partial charge in [-0.05, 0) is 39.3 Å². The number of hydrogen-bond acceptors (Lipinski definition) is 0. The van der Waals surface area contributed by atoms with Crippen LogP contribution in [0.4, 0.5) is 0 Å². The van der Waals surface area contributed by atoms with Crippen molar-refractivity contribution in [1.29, 1.82) is 0 Å². The molecule has 2 rings (SSSR count). The summed E-state index contributed by atoms with van der Waals surface area (Å²) in [4.78, 5) is 0. The van der Waals surface area contributed by atoms with Crippen molar-refractivity contribution in [2.75, 3.05) is 0 Å². The largest absolute Gasteiger partial charge is 0.334 e. The van der Waals surface area contributed by atoms with Crippen molar-refractivity contribution in [3.05, 3.63) is 36.0 Å². The fraction of sp³-hybridized carbons (Fsp3) is 0.385. The van der Waals surface area contributed by atoms with Gasteiger partial charge in [0.15, 0.2) is 0 Å². The highest BCUT2D eigenvalue weighted by Gasteiger charge is 2.16. The summed E-state index contributed by atoms with van der Waals surface area (Å²) >= 11 is 0. The Kier molecular flexibility index (Phi) is 1.91. The molecule has 0 atom stereocenters. The SMILES string of the molecule is Cc1[c]n(C(C)(C)C)c2ccccc12. The van der Waals surface area contributed by atoms with Crippen LogP contribution in [0.1, 0.15) is 26.3 Å². The number of nitrogens with zero attached hydrogens (tertiary/aromatic N) is 1. The molecule has 0 N–H and O–H groups in total. The summed E-state index contributed by atoms with van der Waals surface area (Å²) in [5.74, 6) is 0. The molecule has 1 heteroatoms. The van der Waals surface area contributed by atoms with Crippen LogP contribution in [0.25, 0.3) is 10.9 Å². The standard InChI is InChI=1S/C13H16N/c1-10-9-14(13(2,3)4)12-8-6-5-7-11(10)12/h5-8H,1-4H3. The van der Waals surface area contributed by atoms with E-state index in [1.165, 1.54) is 16.5 Å². The summed E-state index contributed by atoms with van der Waals surface area (Å²) in [6, 6.07) is 8.47. The Morgan fingerprint density at radius 3 is 2.43 bits per heavy atom. The molecule has 1 radical (unpaired) electrons. The van der Waals surface area contributed by atoms with E-state index in [4.69, 9.17) is 0 Å². The molecule has 1 nitrogen and oxygen atoms in total. The van der Waals surface area contributed by atoms with E-state index in [1.54, 1.807) is 0 Å². The van der Waals surface area contributed by atoms with Crippen LogP contribution in [0.2, 0.25) is 0 Å². The highest BCUT2D eigenvalue weighted by molar-refractivity contribution is 5.83. The predicted molar refractivity (Wildman–Crippen MR) is 60.5 cm³/mol. The van der Waals surface area contributed by atoms with Gasteiger partial charge in [0.2, 0.25) is 0 Å². The van der Waals surface area contributed by atoms with Gasteiger partial charge < -0.3 is 4.57 Å². The summed E-state index contributed by atoms with van der Waals surface area (Å²) in [6.45, 7) is 8.73. The molecule has 73 valence electrons. The first kappa shape index (κ1) is 9.32. The Bertz CT molecular complexity index is 458. The first-order valence-electron chi connectivity index (χ1n) is 5.00. The molecule has 0 fully saturated rings. The Hall–Kier alpha value is -1.24. The molecule has 1 aromatic heterocycles. The fourth-order valence-corrected chi connectivity index (χ4v) is 1.80. The van der Waals surface area contributed by atoms with Crippen molar-refractivity contribution >= 4 is 10.9 Å². The van der Waals surface area contributed by atoms with Crippen molar-refractivity contribution in [2.24, 2.45) is 0 Å². The van der Waals surface area contributed by atoms with E-state index in [0.29, 0.717) is 0 Å². The third-order valence-corrected chi connectivity index (χ3v) is 2.50. The highest BCUT2D eigenvalue weighted by Crippen LogP contribution is 2.25. The van der Waals surface area contributed by atoms with Crippen LogP contribution in [0, 0.1) is 13.1 Å². The third kappa shape index (κ3) is 1.33. The average Bonchev–Trinajstić information content (AvgIpc) is 2.44.